The first-order valence-electron chi connectivity index (χ1n) is 7.06. The van der Waals surface area contributed by atoms with Crippen molar-refractivity contribution in [2.24, 2.45) is 0 Å². The van der Waals surface area contributed by atoms with E-state index in [2.05, 4.69) is 4.98 Å². The summed E-state index contributed by atoms with van der Waals surface area (Å²) in [5.74, 6) is -5.02. The highest BCUT2D eigenvalue weighted by Gasteiger charge is 2.40. The van der Waals surface area contributed by atoms with Crippen LogP contribution in [0.1, 0.15) is 18.5 Å². The second-order valence-electron chi connectivity index (χ2n) is 5.35. The van der Waals surface area contributed by atoms with Crippen molar-refractivity contribution in [1.82, 2.24) is 4.98 Å². The summed E-state index contributed by atoms with van der Waals surface area (Å²) in [5, 5.41) is 34.8. The lowest BCUT2D eigenvalue weighted by atomic mass is 9.96. The normalized spacial score (nSPS) is 10.6. The predicted molar refractivity (Wildman–Crippen MR) is 88.0 cm³/mol. The van der Waals surface area contributed by atoms with Crippen LogP contribution in [-0.2, 0) is 14.4 Å². The minimum Gasteiger partial charge on any atom is -0.481 e. The van der Waals surface area contributed by atoms with Gasteiger partial charge in [-0.2, -0.15) is 0 Å². The summed E-state index contributed by atoms with van der Waals surface area (Å²) >= 11 is 0. The van der Waals surface area contributed by atoms with Gasteiger partial charge in [-0.15, -0.1) is 0 Å². The van der Waals surface area contributed by atoms with Crippen LogP contribution in [0.4, 0.5) is 5.69 Å². The lowest BCUT2D eigenvalue weighted by molar-refractivity contribution is -0.170. The van der Waals surface area contributed by atoms with E-state index in [0.29, 0.717) is 0 Å². The number of carboxylic acid groups (broad SMARTS) is 3. The molecule has 1 aromatic carbocycles. The lowest BCUT2D eigenvalue weighted by Gasteiger charge is -2.18. The van der Waals surface area contributed by atoms with Crippen LogP contribution in [0.2, 0.25) is 0 Å². The van der Waals surface area contributed by atoms with Gasteiger partial charge in [-0.1, -0.05) is 18.2 Å². The van der Waals surface area contributed by atoms with Gasteiger partial charge < -0.3 is 26.2 Å². The minimum absolute atomic E-state index is 0.804. The molecular weight excluding hydrogens is 332 g/mol. The summed E-state index contributed by atoms with van der Waals surface area (Å²) in [6.45, 7) is 1.95. The van der Waals surface area contributed by atoms with E-state index in [1.807, 2.05) is 37.3 Å². The van der Waals surface area contributed by atoms with Crippen molar-refractivity contribution in [1.29, 1.82) is 0 Å². The molecule has 0 aliphatic carbocycles. The highest BCUT2D eigenvalue weighted by Crippen LogP contribution is 2.19. The number of anilines is 1. The Hall–Kier alpha value is -3.20. The van der Waals surface area contributed by atoms with E-state index in [4.69, 9.17) is 26.2 Å². The first-order valence-corrected chi connectivity index (χ1v) is 7.06. The van der Waals surface area contributed by atoms with Gasteiger partial charge >= 0.3 is 17.9 Å². The number of rotatable bonds is 5. The van der Waals surface area contributed by atoms with Crippen molar-refractivity contribution in [2.75, 3.05) is 5.73 Å². The molecule has 0 fully saturated rings. The van der Waals surface area contributed by atoms with Crippen molar-refractivity contribution >= 4 is 34.5 Å². The average molecular weight is 350 g/mol. The summed E-state index contributed by atoms with van der Waals surface area (Å²) < 4.78 is 0. The van der Waals surface area contributed by atoms with E-state index in [1.54, 1.807) is 0 Å². The van der Waals surface area contributed by atoms with E-state index in [0.717, 1.165) is 22.3 Å². The van der Waals surface area contributed by atoms with Crippen LogP contribution in [0.15, 0.2) is 30.3 Å². The molecule has 1 aromatic heterocycles. The number of para-hydroxylation sites is 1. The molecule has 25 heavy (non-hydrogen) atoms. The fourth-order valence-corrected chi connectivity index (χ4v) is 2.05. The van der Waals surface area contributed by atoms with Crippen LogP contribution >= 0.6 is 0 Å². The third-order valence-corrected chi connectivity index (χ3v) is 3.16. The number of hydrogen-bond acceptors (Lipinski definition) is 6. The van der Waals surface area contributed by atoms with E-state index in [9.17, 15) is 14.4 Å². The number of nitrogens with two attached hydrogens (primary N) is 1. The SMILES string of the molecule is Cc1cc(N)c2ccccc2n1.O=C(O)CC(O)(CC(=O)O)C(=O)O. The average Bonchev–Trinajstić information content (AvgIpc) is 2.45. The van der Waals surface area contributed by atoms with Crippen molar-refractivity contribution in [3.05, 3.63) is 36.0 Å². The van der Waals surface area contributed by atoms with Gasteiger partial charge in [0.1, 0.15) is 0 Å². The third-order valence-electron chi connectivity index (χ3n) is 3.16. The van der Waals surface area contributed by atoms with Crippen molar-refractivity contribution < 1.29 is 34.8 Å². The fraction of sp³-hybridized carbons (Fsp3) is 0.250. The molecule has 0 bridgehead atoms. The van der Waals surface area contributed by atoms with E-state index in [-0.39, 0.29) is 0 Å². The van der Waals surface area contributed by atoms with Gasteiger partial charge in [0.15, 0.2) is 5.60 Å². The summed E-state index contributed by atoms with van der Waals surface area (Å²) in [4.78, 5) is 34.8. The molecule has 1 heterocycles. The Morgan fingerprint density at radius 3 is 2.08 bits per heavy atom. The highest BCUT2D eigenvalue weighted by atomic mass is 16.4. The maximum atomic E-state index is 10.3. The molecular formula is C16H18N2O7. The zero-order valence-corrected chi connectivity index (χ0v) is 13.3. The van der Waals surface area contributed by atoms with Crippen LogP contribution in [0, 0.1) is 6.92 Å². The standard InChI is InChI=1S/C10H10N2.C6H8O7/c1-7-6-9(11)8-4-2-3-5-10(8)12-7;7-3(8)1-6(13,5(11)12)2-4(9)10/h2-6H,1H3,(H2,11,12);13H,1-2H2,(H,7,8)(H,9,10)(H,11,12). The monoisotopic (exact) mass is 350 g/mol. The largest absolute Gasteiger partial charge is 0.481 e. The third kappa shape index (κ3) is 5.74. The zero-order chi connectivity index (χ0) is 19.2. The number of fused-ring (bicyclic) bond motifs is 1. The van der Waals surface area contributed by atoms with Crippen LogP contribution in [0.3, 0.4) is 0 Å². The first kappa shape index (κ1) is 19.8. The van der Waals surface area contributed by atoms with Crippen molar-refractivity contribution in [3.8, 4) is 0 Å². The summed E-state index contributed by atoms with van der Waals surface area (Å²) in [5.41, 5.74) is 5.81. The van der Waals surface area contributed by atoms with Crippen LogP contribution in [0.25, 0.3) is 10.9 Å². The number of carboxylic acids is 3. The maximum Gasteiger partial charge on any atom is 0.336 e. The van der Waals surface area contributed by atoms with Gasteiger partial charge in [-0.3, -0.25) is 14.6 Å². The molecule has 0 spiro atoms. The highest BCUT2D eigenvalue weighted by molar-refractivity contribution is 5.90. The first-order chi connectivity index (χ1) is 11.5. The smallest absolute Gasteiger partial charge is 0.336 e. The summed E-state index contributed by atoms with van der Waals surface area (Å²) in [6, 6.07) is 9.78. The van der Waals surface area contributed by atoms with Crippen LogP contribution < -0.4 is 5.73 Å². The molecule has 6 N–H and O–H groups in total. The van der Waals surface area contributed by atoms with E-state index in [1.165, 1.54) is 0 Å². The second-order valence-corrected chi connectivity index (χ2v) is 5.35. The topological polar surface area (TPSA) is 171 Å². The number of aliphatic hydroxyl groups is 1. The molecule has 0 aliphatic rings. The van der Waals surface area contributed by atoms with Crippen molar-refractivity contribution in [2.45, 2.75) is 25.4 Å². The molecule has 0 radical (unpaired) electrons. The number of aliphatic carboxylic acids is 3. The molecule has 0 saturated carbocycles. The fourth-order valence-electron chi connectivity index (χ4n) is 2.05. The minimum atomic E-state index is -2.74. The number of aryl methyl sites for hydroxylation is 1. The Balaban J connectivity index is 0.000000250. The van der Waals surface area contributed by atoms with Gasteiger partial charge in [0.2, 0.25) is 0 Å². The van der Waals surface area contributed by atoms with E-state index < -0.39 is 36.4 Å². The van der Waals surface area contributed by atoms with Gasteiger partial charge in [-0.05, 0) is 19.1 Å². The number of carbonyl (C=O) groups is 3. The Labute approximate surface area is 142 Å². The van der Waals surface area contributed by atoms with Crippen molar-refractivity contribution in [3.63, 3.8) is 0 Å². The number of nitrogens with zero attached hydrogens (tertiary/aromatic N) is 1. The second kappa shape index (κ2) is 8.06. The molecule has 134 valence electrons. The Morgan fingerprint density at radius 1 is 1.08 bits per heavy atom. The zero-order valence-electron chi connectivity index (χ0n) is 13.3. The lowest BCUT2D eigenvalue weighted by Crippen LogP contribution is -2.42. The summed E-state index contributed by atoms with van der Waals surface area (Å²) in [7, 11) is 0. The number of nitrogen functional groups attached to an aromatic ring is 1. The van der Waals surface area contributed by atoms with Gasteiger partial charge in [0.25, 0.3) is 0 Å². The molecule has 2 rings (SSSR count). The quantitative estimate of drug-likeness (QED) is 0.524. The molecule has 0 aliphatic heterocycles. The number of pyridine rings is 1. The van der Waals surface area contributed by atoms with Crippen LogP contribution in [0.5, 0.6) is 0 Å². The number of hydrogen-bond donors (Lipinski definition) is 5. The predicted octanol–water partition coefficient (Wildman–Crippen LogP) is 0.877. The Bertz CT molecular complexity index is 788. The molecule has 9 heteroatoms. The molecule has 0 unspecified atom stereocenters. The summed E-state index contributed by atoms with van der Waals surface area (Å²) in [6.07, 6.45) is -2.29. The molecule has 0 amide bonds. The Morgan fingerprint density at radius 2 is 1.60 bits per heavy atom. The van der Waals surface area contributed by atoms with Gasteiger partial charge in [-0.25, -0.2) is 4.79 Å². The Kier molecular flexibility index (Phi) is 6.40. The molecule has 0 atom stereocenters. The van der Waals surface area contributed by atoms with E-state index >= 15 is 0 Å². The maximum absolute atomic E-state index is 10.3. The number of benzene rings is 1. The molecule has 2 aromatic rings. The number of aromatic nitrogens is 1. The van der Waals surface area contributed by atoms with Gasteiger partial charge in [0.05, 0.1) is 18.4 Å². The van der Waals surface area contributed by atoms with Crippen LogP contribution in [-0.4, -0.2) is 48.9 Å². The van der Waals surface area contributed by atoms with Gasteiger partial charge in [0, 0.05) is 16.8 Å². The molecule has 0 saturated heterocycles. The molecule has 9 nitrogen and oxygen atoms in total.